The molecule has 2 N–H and O–H groups in total. The van der Waals surface area contributed by atoms with Gasteiger partial charge in [-0.2, -0.15) is 0 Å². The van der Waals surface area contributed by atoms with Gasteiger partial charge in [0.2, 0.25) is 0 Å². The first kappa shape index (κ1) is 9.63. The molecular weight excluding hydrogens is 277 g/mol. The highest BCUT2D eigenvalue weighted by Gasteiger charge is 2.17. The van der Waals surface area contributed by atoms with Crippen LogP contribution in [0.2, 0.25) is 0 Å². The zero-order chi connectivity index (χ0) is 9.30. The Morgan fingerprint density at radius 1 is 1.58 bits per heavy atom. The van der Waals surface area contributed by atoms with Gasteiger partial charge in [0, 0.05) is 9.77 Å². The van der Waals surface area contributed by atoms with Gasteiger partial charge in [-0.1, -0.05) is 0 Å². The lowest BCUT2D eigenvalue weighted by molar-refractivity contribution is 0.151. The van der Waals surface area contributed by atoms with Crippen LogP contribution in [0.5, 0.6) is 0 Å². The van der Waals surface area contributed by atoms with Crippen LogP contribution in [0.3, 0.4) is 0 Å². The lowest BCUT2D eigenvalue weighted by atomic mass is 10.2. The third-order valence-electron chi connectivity index (χ3n) is 1.47. The van der Waals surface area contributed by atoms with E-state index in [0.717, 1.165) is 5.56 Å². The fraction of sp³-hybridized carbons (Fsp3) is 0.286. The van der Waals surface area contributed by atoms with E-state index in [9.17, 15) is 8.78 Å². The number of nitrogens with zero attached hydrogens (tertiary/aromatic N) is 1. The van der Waals surface area contributed by atoms with Crippen LogP contribution < -0.4 is 5.73 Å². The molecule has 0 aliphatic heterocycles. The molecule has 0 bridgehead atoms. The number of pyridine rings is 1. The van der Waals surface area contributed by atoms with E-state index in [0.29, 0.717) is 3.57 Å². The molecule has 0 spiro atoms. The van der Waals surface area contributed by atoms with E-state index in [1.165, 1.54) is 6.20 Å². The summed E-state index contributed by atoms with van der Waals surface area (Å²) in [5, 5.41) is 0. The van der Waals surface area contributed by atoms with E-state index < -0.39 is 6.43 Å². The molecule has 5 heteroatoms. The first-order valence-electron chi connectivity index (χ1n) is 3.22. The molecule has 2 nitrogen and oxygen atoms in total. The largest absolute Gasteiger partial charge is 0.383 e. The molecule has 1 rings (SSSR count). The molecule has 0 amide bonds. The van der Waals surface area contributed by atoms with Gasteiger partial charge in [-0.15, -0.1) is 0 Å². The second-order valence-electron chi connectivity index (χ2n) is 2.35. The number of aryl methyl sites for hydroxylation is 1. The number of halogens is 3. The highest BCUT2D eigenvalue weighted by Crippen LogP contribution is 2.29. The summed E-state index contributed by atoms with van der Waals surface area (Å²) in [6.07, 6.45) is -1.06. The molecule has 0 unspecified atom stereocenters. The van der Waals surface area contributed by atoms with Crippen LogP contribution in [-0.2, 0) is 0 Å². The van der Waals surface area contributed by atoms with Crippen LogP contribution in [0.15, 0.2) is 6.20 Å². The van der Waals surface area contributed by atoms with Crippen molar-refractivity contribution >= 4 is 28.4 Å². The summed E-state index contributed by atoms with van der Waals surface area (Å²) in [5.41, 5.74) is 5.86. The van der Waals surface area contributed by atoms with Crippen molar-refractivity contribution in [2.24, 2.45) is 0 Å². The summed E-state index contributed by atoms with van der Waals surface area (Å²) in [6.45, 7) is 1.72. The molecule has 0 fully saturated rings. The summed E-state index contributed by atoms with van der Waals surface area (Å²) < 4.78 is 25.2. The zero-order valence-corrected chi connectivity index (χ0v) is 8.47. The topological polar surface area (TPSA) is 38.9 Å². The summed E-state index contributed by atoms with van der Waals surface area (Å²) >= 11 is 1.85. The predicted octanol–water partition coefficient (Wildman–Crippen LogP) is 2.51. The third kappa shape index (κ3) is 1.65. The average Bonchev–Trinajstić information content (AvgIpc) is 1.97. The SMILES string of the molecule is Cc1cnc(N)c(C(F)F)c1I. The van der Waals surface area contributed by atoms with Crippen LogP contribution in [-0.4, -0.2) is 4.98 Å². The van der Waals surface area contributed by atoms with E-state index in [1.807, 2.05) is 22.6 Å². The lowest BCUT2D eigenvalue weighted by Crippen LogP contribution is -2.02. The average molecular weight is 284 g/mol. The summed E-state index contributed by atoms with van der Waals surface area (Å²) in [4.78, 5) is 3.65. The van der Waals surface area contributed by atoms with Crippen molar-refractivity contribution < 1.29 is 8.78 Å². The molecule has 1 aromatic rings. The Bertz CT molecular complexity index is 302. The summed E-state index contributed by atoms with van der Waals surface area (Å²) in [7, 11) is 0. The van der Waals surface area contributed by atoms with Gasteiger partial charge in [-0.05, 0) is 35.1 Å². The van der Waals surface area contributed by atoms with Gasteiger partial charge in [0.15, 0.2) is 0 Å². The number of nitrogen functional groups attached to an aromatic ring is 1. The maximum Gasteiger partial charge on any atom is 0.268 e. The zero-order valence-electron chi connectivity index (χ0n) is 6.31. The Morgan fingerprint density at radius 2 is 2.17 bits per heavy atom. The van der Waals surface area contributed by atoms with E-state index in [2.05, 4.69) is 4.98 Å². The fourth-order valence-corrected chi connectivity index (χ4v) is 1.48. The minimum absolute atomic E-state index is 0.0833. The highest BCUT2D eigenvalue weighted by atomic mass is 127. The van der Waals surface area contributed by atoms with E-state index >= 15 is 0 Å². The van der Waals surface area contributed by atoms with E-state index in [4.69, 9.17) is 5.73 Å². The van der Waals surface area contributed by atoms with E-state index in [-0.39, 0.29) is 11.4 Å². The fourth-order valence-electron chi connectivity index (χ4n) is 0.825. The maximum atomic E-state index is 12.3. The minimum Gasteiger partial charge on any atom is -0.383 e. The normalized spacial score (nSPS) is 10.8. The molecule has 0 aliphatic carbocycles. The van der Waals surface area contributed by atoms with Crippen molar-refractivity contribution in [3.8, 4) is 0 Å². The molecule has 0 aromatic carbocycles. The number of rotatable bonds is 1. The van der Waals surface area contributed by atoms with Crippen molar-refractivity contribution in [1.82, 2.24) is 4.98 Å². The molecule has 0 saturated heterocycles. The van der Waals surface area contributed by atoms with Gasteiger partial charge in [0.05, 0.1) is 5.56 Å². The Hall–Kier alpha value is -0.460. The predicted molar refractivity (Wildman–Crippen MR) is 51.1 cm³/mol. The summed E-state index contributed by atoms with van der Waals surface area (Å²) in [6, 6.07) is 0. The van der Waals surface area contributed by atoms with Gasteiger partial charge in [0.25, 0.3) is 6.43 Å². The number of hydrogen-bond acceptors (Lipinski definition) is 2. The quantitative estimate of drug-likeness (QED) is 0.805. The first-order valence-corrected chi connectivity index (χ1v) is 4.30. The van der Waals surface area contributed by atoms with Crippen molar-refractivity contribution in [2.75, 3.05) is 5.73 Å². The van der Waals surface area contributed by atoms with Crippen molar-refractivity contribution in [1.29, 1.82) is 0 Å². The van der Waals surface area contributed by atoms with E-state index in [1.54, 1.807) is 6.92 Å². The van der Waals surface area contributed by atoms with Gasteiger partial charge < -0.3 is 5.73 Å². The number of alkyl halides is 2. The van der Waals surface area contributed by atoms with Crippen LogP contribution in [0.4, 0.5) is 14.6 Å². The number of nitrogens with two attached hydrogens (primary N) is 1. The molecule has 0 aliphatic rings. The Morgan fingerprint density at radius 3 is 2.58 bits per heavy atom. The van der Waals surface area contributed by atoms with Gasteiger partial charge >= 0.3 is 0 Å². The number of aromatic nitrogens is 1. The third-order valence-corrected chi connectivity index (χ3v) is 2.91. The maximum absolute atomic E-state index is 12.3. The van der Waals surface area contributed by atoms with Crippen molar-refractivity contribution in [3.63, 3.8) is 0 Å². The van der Waals surface area contributed by atoms with Crippen molar-refractivity contribution in [3.05, 3.63) is 20.9 Å². The second kappa shape index (κ2) is 3.51. The van der Waals surface area contributed by atoms with Crippen LogP contribution in [0.25, 0.3) is 0 Å². The molecule has 12 heavy (non-hydrogen) atoms. The van der Waals surface area contributed by atoms with Gasteiger partial charge in [0.1, 0.15) is 5.82 Å². The molecule has 0 radical (unpaired) electrons. The van der Waals surface area contributed by atoms with Crippen molar-refractivity contribution in [2.45, 2.75) is 13.3 Å². The molecule has 0 saturated carbocycles. The Kier molecular flexibility index (Phi) is 2.81. The molecule has 0 atom stereocenters. The minimum atomic E-state index is -2.55. The first-order chi connectivity index (χ1) is 5.54. The summed E-state index contributed by atoms with van der Waals surface area (Å²) in [5.74, 6) is -0.0833. The smallest absolute Gasteiger partial charge is 0.268 e. The lowest BCUT2D eigenvalue weighted by Gasteiger charge is -2.07. The molecule has 66 valence electrons. The molecular formula is C7H7F2IN2. The standard InChI is InChI=1S/C7H7F2IN2/c1-3-2-12-7(11)4(5(3)10)6(8)9/h2,6H,1H3,(H2,11,12). The van der Waals surface area contributed by atoms with Crippen LogP contribution in [0, 0.1) is 10.5 Å². The molecule has 1 heterocycles. The van der Waals surface area contributed by atoms with Gasteiger partial charge in [-0.25, -0.2) is 13.8 Å². The molecule has 1 aromatic heterocycles. The number of hydrogen-bond donors (Lipinski definition) is 1. The van der Waals surface area contributed by atoms with Crippen LogP contribution >= 0.6 is 22.6 Å². The highest BCUT2D eigenvalue weighted by molar-refractivity contribution is 14.1. The van der Waals surface area contributed by atoms with Crippen LogP contribution in [0.1, 0.15) is 17.6 Å². The Balaban J connectivity index is 3.33. The monoisotopic (exact) mass is 284 g/mol. The number of anilines is 1. The van der Waals surface area contributed by atoms with Gasteiger partial charge in [-0.3, -0.25) is 0 Å². The Labute approximate surface area is 82.3 Å². The second-order valence-corrected chi connectivity index (χ2v) is 3.43.